The van der Waals surface area contributed by atoms with Gasteiger partial charge in [-0.15, -0.1) is 0 Å². The maximum absolute atomic E-state index is 15.2. The molecule has 2 aromatic heterocycles. The van der Waals surface area contributed by atoms with Crippen LogP contribution in [0.5, 0.6) is 0 Å². The number of anilines is 4. The Morgan fingerprint density at radius 1 is 1.23 bits per heavy atom. The molecule has 3 aromatic rings. The van der Waals surface area contributed by atoms with E-state index in [-0.39, 0.29) is 35.2 Å². The van der Waals surface area contributed by atoms with Crippen LogP contribution in [-0.2, 0) is 11.8 Å². The van der Waals surface area contributed by atoms with Crippen LogP contribution in [-0.4, -0.2) is 52.6 Å². The van der Waals surface area contributed by atoms with E-state index in [0.29, 0.717) is 28.8 Å². The fourth-order valence-corrected chi connectivity index (χ4v) is 4.72. The van der Waals surface area contributed by atoms with Gasteiger partial charge in [0.25, 0.3) is 0 Å². The Morgan fingerprint density at radius 2 is 1.93 bits per heavy atom. The van der Waals surface area contributed by atoms with E-state index < -0.39 is 23.3 Å². The topological polar surface area (TPSA) is 120 Å². The number of rotatable bonds is 9. The lowest BCUT2D eigenvalue weighted by Crippen LogP contribution is -2.49. The number of aromatic nitrogens is 3. The van der Waals surface area contributed by atoms with Gasteiger partial charge in [0.05, 0.1) is 17.6 Å². The van der Waals surface area contributed by atoms with Crippen LogP contribution in [0.25, 0.3) is 10.9 Å². The van der Waals surface area contributed by atoms with Crippen LogP contribution in [0, 0.1) is 28.9 Å². The van der Waals surface area contributed by atoms with Crippen LogP contribution in [0.1, 0.15) is 52.5 Å². The first-order valence-corrected chi connectivity index (χ1v) is 13.3. The molecule has 0 aliphatic heterocycles. The number of ether oxygens (including phenoxy) is 1. The summed E-state index contributed by atoms with van der Waals surface area (Å²) < 4.78 is 37.2. The monoisotopic (exact) mass is 554 g/mol. The lowest BCUT2D eigenvalue weighted by Gasteiger charge is -2.30. The quantitative estimate of drug-likeness (QED) is 0.321. The molecule has 2 atom stereocenters. The lowest BCUT2D eigenvalue weighted by atomic mass is 10.0. The third kappa shape index (κ3) is 6.35. The van der Waals surface area contributed by atoms with Gasteiger partial charge in [0.2, 0.25) is 0 Å². The summed E-state index contributed by atoms with van der Waals surface area (Å²) >= 11 is 0. The molecule has 3 N–H and O–H groups in total. The van der Waals surface area contributed by atoms with Gasteiger partial charge in [-0.25, -0.2) is 18.6 Å². The minimum atomic E-state index is -0.705. The molecule has 1 amide bonds. The Balaban J connectivity index is 1.65. The molecular formula is C28H36F2N8O2. The number of nitrogens with zero attached hydrogens (tertiary/aromatic N) is 5. The third-order valence-electron chi connectivity index (χ3n) is 6.66. The Morgan fingerprint density at radius 3 is 2.50 bits per heavy atom. The fourth-order valence-electron chi connectivity index (χ4n) is 4.72. The molecule has 40 heavy (non-hydrogen) atoms. The third-order valence-corrected chi connectivity index (χ3v) is 6.66. The number of hydrogen-bond acceptors (Lipinski definition) is 8. The van der Waals surface area contributed by atoms with Crippen LogP contribution in [0.15, 0.2) is 18.2 Å². The van der Waals surface area contributed by atoms with E-state index in [1.165, 1.54) is 10.7 Å². The highest BCUT2D eigenvalue weighted by atomic mass is 19.1. The van der Waals surface area contributed by atoms with Gasteiger partial charge in [-0.05, 0) is 64.2 Å². The van der Waals surface area contributed by atoms with Gasteiger partial charge in [-0.1, -0.05) is 6.92 Å². The zero-order chi connectivity index (χ0) is 29.4. The van der Waals surface area contributed by atoms with E-state index in [1.807, 2.05) is 27.1 Å². The summed E-state index contributed by atoms with van der Waals surface area (Å²) in [6.45, 7) is 7.29. The van der Waals surface area contributed by atoms with E-state index in [2.05, 4.69) is 26.0 Å². The number of aryl methyl sites for hydroxylation is 1. The number of pyridine rings is 1. The first-order valence-electron chi connectivity index (χ1n) is 13.3. The van der Waals surface area contributed by atoms with Crippen molar-refractivity contribution in [3.63, 3.8) is 0 Å². The lowest BCUT2D eigenvalue weighted by molar-refractivity contribution is 0.0495. The molecule has 0 saturated heterocycles. The number of halogens is 2. The van der Waals surface area contributed by atoms with Gasteiger partial charge in [-0.3, -0.25) is 4.68 Å². The number of carbonyl (C=O) groups excluding carboxylic acids is 1. The fraction of sp³-hybridized carbons (Fsp3) is 0.500. The van der Waals surface area contributed by atoms with Crippen molar-refractivity contribution >= 4 is 40.1 Å². The van der Waals surface area contributed by atoms with Crippen LogP contribution in [0.3, 0.4) is 0 Å². The first-order chi connectivity index (χ1) is 18.8. The summed E-state index contributed by atoms with van der Waals surface area (Å²) in [5.41, 5.74) is -0.0267. The average molecular weight is 555 g/mol. The Kier molecular flexibility index (Phi) is 8.05. The van der Waals surface area contributed by atoms with E-state index in [9.17, 15) is 10.1 Å². The van der Waals surface area contributed by atoms with Gasteiger partial charge in [0.15, 0.2) is 29.1 Å². The van der Waals surface area contributed by atoms with Crippen molar-refractivity contribution in [1.82, 2.24) is 20.1 Å². The number of benzene rings is 1. The summed E-state index contributed by atoms with van der Waals surface area (Å²) in [6, 6.07) is 5.39. The van der Waals surface area contributed by atoms with Crippen LogP contribution < -0.4 is 20.9 Å². The largest absolute Gasteiger partial charge is 0.444 e. The second kappa shape index (κ2) is 11.2. The van der Waals surface area contributed by atoms with Crippen molar-refractivity contribution in [2.75, 3.05) is 29.6 Å². The van der Waals surface area contributed by atoms with E-state index in [0.717, 1.165) is 18.9 Å². The standard InChI is InChI=1S/C28H36F2N8O2/c1-8-21(33-27(39)40-28(2,3)4)22(15-9-10-15)34-25-20(30)11-16(14-31)24(35-25)32-17-12-18-23(19(29)13-17)38(7)36-26(18)37(5)6/h11-13,15,21-22H,8-10H2,1-7H3,(H,33,39)(H2,32,34,35)/t21-,22+/m0/s1. The van der Waals surface area contributed by atoms with Gasteiger partial charge in [-0.2, -0.15) is 10.4 Å². The zero-order valence-electron chi connectivity index (χ0n) is 23.9. The van der Waals surface area contributed by atoms with Gasteiger partial charge in [0, 0.05) is 32.2 Å². The molecule has 0 radical (unpaired) electrons. The van der Waals surface area contributed by atoms with Crippen molar-refractivity contribution in [2.45, 2.75) is 64.6 Å². The molecule has 2 heterocycles. The Bertz CT molecular complexity index is 1450. The van der Waals surface area contributed by atoms with Crippen molar-refractivity contribution in [1.29, 1.82) is 5.26 Å². The van der Waals surface area contributed by atoms with Crippen molar-refractivity contribution in [3.8, 4) is 6.07 Å². The van der Waals surface area contributed by atoms with Crippen molar-refractivity contribution < 1.29 is 18.3 Å². The maximum Gasteiger partial charge on any atom is 0.407 e. The number of hydrogen-bond donors (Lipinski definition) is 3. The highest BCUT2D eigenvalue weighted by molar-refractivity contribution is 5.94. The predicted molar refractivity (Wildman–Crippen MR) is 151 cm³/mol. The normalized spacial score (nSPS) is 14.8. The summed E-state index contributed by atoms with van der Waals surface area (Å²) in [7, 11) is 5.28. The second-order valence-corrected chi connectivity index (χ2v) is 11.3. The molecule has 1 aromatic carbocycles. The number of carbonyl (C=O) groups is 1. The molecule has 10 nitrogen and oxygen atoms in total. The van der Waals surface area contributed by atoms with E-state index in [1.54, 1.807) is 38.8 Å². The molecule has 214 valence electrons. The van der Waals surface area contributed by atoms with Crippen molar-refractivity contribution in [3.05, 3.63) is 35.4 Å². The summed E-state index contributed by atoms with van der Waals surface area (Å²) in [4.78, 5) is 18.7. The summed E-state index contributed by atoms with van der Waals surface area (Å²) in [5, 5.41) is 23.7. The first kappa shape index (κ1) is 28.9. The number of nitrogens with one attached hydrogen (secondary N) is 3. The van der Waals surface area contributed by atoms with Gasteiger partial charge in [0.1, 0.15) is 17.2 Å². The molecule has 1 saturated carbocycles. The predicted octanol–water partition coefficient (Wildman–Crippen LogP) is 5.42. The minimum absolute atomic E-state index is 0.0375. The molecule has 1 aliphatic carbocycles. The number of fused-ring (bicyclic) bond motifs is 1. The number of nitriles is 1. The average Bonchev–Trinajstić information content (AvgIpc) is 3.64. The molecule has 0 bridgehead atoms. The van der Waals surface area contributed by atoms with E-state index >= 15 is 8.78 Å². The van der Waals surface area contributed by atoms with E-state index in [4.69, 9.17) is 4.74 Å². The van der Waals surface area contributed by atoms with Crippen molar-refractivity contribution in [2.24, 2.45) is 13.0 Å². The minimum Gasteiger partial charge on any atom is -0.444 e. The van der Waals surface area contributed by atoms with Gasteiger partial charge >= 0.3 is 6.09 Å². The molecule has 4 rings (SSSR count). The Labute approximate surface area is 232 Å². The maximum atomic E-state index is 15.2. The zero-order valence-corrected chi connectivity index (χ0v) is 23.9. The molecule has 1 aliphatic rings. The summed E-state index contributed by atoms with van der Waals surface area (Å²) in [5.74, 6) is -0.425. The highest BCUT2D eigenvalue weighted by Crippen LogP contribution is 2.37. The van der Waals surface area contributed by atoms with Crippen LogP contribution in [0.2, 0.25) is 0 Å². The SMILES string of the molecule is CC[C@H](NC(=O)OC(C)(C)C)[C@H](Nc1nc(Nc2cc(F)c3c(c2)c(N(C)C)nn3C)c(C#N)cc1F)C1CC1. The highest BCUT2D eigenvalue weighted by Gasteiger charge is 2.38. The molecule has 0 unspecified atom stereocenters. The van der Waals surface area contributed by atoms with Gasteiger partial charge < -0.3 is 25.6 Å². The van der Waals surface area contributed by atoms with Crippen LogP contribution in [0.4, 0.5) is 36.7 Å². The second-order valence-electron chi connectivity index (χ2n) is 11.3. The molecule has 0 spiro atoms. The molecule has 1 fully saturated rings. The Hall–Kier alpha value is -4.14. The summed E-state index contributed by atoms with van der Waals surface area (Å²) in [6.07, 6.45) is 1.87. The van der Waals surface area contributed by atoms with Crippen LogP contribution >= 0.6 is 0 Å². The number of amides is 1. The smallest absolute Gasteiger partial charge is 0.407 e. The number of alkyl carbamates (subject to hydrolysis) is 1. The molecule has 12 heteroatoms. The molecular weight excluding hydrogens is 518 g/mol.